The Kier molecular flexibility index (Phi) is 2.76. The largest absolute Gasteiger partial charge is 0.508 e. The Hall–Kier alpha value is -1.97. The fraction of sp³-hybridized carbons (Fsp3) is 0.100. The Balaban J connectivity index is 2.87. The van der Waals surface area contributed by atoms with Crippen molar-refractivity contribution in [3.63, 3.8) is 0 Å². The number of carbonyl (C=O) groups excluding carboxylic acids is 1. The number of rotatable bonds is 2. The number of phenols is 2. The van der Waals surface area contributed by atoms with Gasteiger partial charge in [-0.3, -0.25) is 0 Å². The van der Waals surface area contributed by atoms with Crippen molar-refractivity contribution in [3.05, 3.63) is 30.4 Å². The molecule has 4 nitrogen and oxygen atoms in total. The van der Waals surface area contributed by atoms with Crippen LogP contribution in [0, 0.1) is 0 Å². The van der Waals surface area contributed by atoms with Gasteiger partial charge < -0.3 is 14.9 Å². The summed E-state index contributed by atoms with van der Waals surface area (Å²) < 4.78 is 4.78. The zero-order chi connectivity index (χ0) is 10.7. The Morgan fingerprint density at radius 1 is 1.29 bits per heavy atom. The van der Waals surface area contributed by atoms with Crippen molar-refractivity contribution in [2.75, 3.05) is 0 Å². The van der Waals surface area contributed by atoms with Crippen molar-refractivity contribution in [3.8, 4) is 17.2 Å². The van der Waals surface area contributed by atoms with Crippen LogP contribution in [0.3, 0.4) is 0 Å². The van der Waals surface area contributed by atoms with Crippen molar-refractivity contribution in [2.24, 2.45) is 0 Å². The van der Waals surface area contributed by atoms with Gasteiger partial charge in [-0.05, 0) is 6.92 Å². The Bertz CT molecular complexity index is 361. The van der Waals surface area contributed by atoms with Gasteiger partial charge in [-0.1, -0.05) is 6.58 Å². The average Bonchev–Trinajstić information content (AvgIpc) is 2.01. The second kappa shape index (κ2) is 3.83. The molecule has 0 atom stereocenters. The molecule has 0 bridgehead atoms. The molecule has 14 heavy (non-hydrogen) atoms. The molecule has 0 aliphatic rings. The standard InChI is InChI=1S/C10H10O4/c1-6(2)10(13)14-9-4-7(11)3-8(12)5-9/h3-5,11-12H,1H2,2H3. The van der Waals surface area contributed by atoms with E-state index >= 15 is 0 Å². The fourth-order valence-corrected chi connectivity index (χ4v) is 0.821. The summed E-state index contributed by atoms with van der Waals surface area (Å²) in [4.78, 5) is 11.0. The van der Waals surface area contributed by atoms with Gasteiger partial charge in [0.25, 0.3) is 0 Å². The van der Waals surface area contributed by atoms with Gasteiger partial charge >= 0.3 is 5.97 Å². The van der Waals surface area contributed by atoms with Crippen LogP contribution in [0.1, 0.15) is 6.92 Å². The van der Waals surface area contributed by atoms with Crippen LogP contribution < -0.4 is 4.74 Å². The molecule has 2 N–H and O–H groups in total. The monoisotopic (exact) mass is 194 g/mol. The first-order valence-corrected chi connectivity index (χ1v) is 3.90. The zero-order valence-corrected chi connectivity index (χ0v) is 7.65. The molecule has 0 spiro atoms. The number of esters is 1. The van der Waals surface area contributed by atoms with E-state index in [0.29, 0.717) is 0 Å². The lowest BCUT2D eigenvalue weighted by atomic mass is 10.3. The van der Waals surface area contributed by atoms with Crippen LogP contribution >= 0.6 is 0 Å². The summed E-state index contributed by atoms with van der Waals surface area (Å²) >= 11 is 0. The predicted octanol–water partition coefficient (Wildman–Crippen LogP) is 1.58. The molecule has 0 aliphatic carbocycles. The summed E-state index contributed by atoms with van der Waals surface area (Å²) in [5, 5.41) is 18.1. The second-order valence-corrected chi connectivity index (χ2v) is 2.85. The van der Waals surface area contributed by atoms with Gasteiger partial charge in [0, 0.05) is 23.8 Å². The highest BCUT2D eigenvalue weighted by molar-refractivity contribution is 5.88. The lowest BCUT2D eigenvalue weighted by Gasteiger charge is -2.04. The first-order valence-electron chi connectivity index (χ1n) is 3.90. The molecule has 0 aromatic heterocycles. The van der Waals surface area contributed by atoms with Crippen LogP contribution in [0.4, 0.5) is 0 Å². The van der Waals surface area contributed by atoms with E-state index in [0.717, 1.165) is 6.07 Å². The molecular formula is C10H10O4. The van der Waals surface area contributed by atoms with Gasteiger partial charge in [0.2, 0.25) is 0 Å². The molecule has 4 heteroatoms. The molecule has 1 aromatic carbocycles. The minimum atomic E-state index is -0.602. The maximum Gasteiger partial charge on any atom is 0.338 e. The van der Waals surface area contributed by atoms with E-state index in [-0.39, 0.29) is 22.8 Å². The summed E-state index contributed by atoms with van der Waals surface area (Å²) in [5.74, 6) is -0.866. The van der Waals surface area contributed by atoms with Crippen LogP contribution in [-0.2, 0) is 4.79 Å². The van der Waals surface area contributed by atoms with Crippen molar-refractivity contribution < 1.29 is 19.7 Å². The van der Waals surface area contributed by atoms with E-state index in [1.165, 1.54) is 19.1 Å². The van der Waals surface area contributed by atoms with E-state index in [2.05, 4.69) is 6.58 Å². The summed E-state index contributed by atoms with van der Waals surface area (Å²) in [6.45, 7) is 4.90. The normalized spacial score (nSPS) is 9.50. The first kappa shape index (κ1) is 10.1. The topological polar surface area (TPSA) is 66.8 Å². The Morgan fingerprint density at radius 2 is 1.79 bits per heavy atom. The lowest BCUT2D eigenvalue weighted by Crippen LogP contribution is -2.07. The molecule has 0 radical (unpaired) electrons. The number of phenolic OH excluding ortho intramolecular Hbond substituents is 2. The lowest BCUT2D eigenvalue weighted by molar-refractivity contribution is -0.130. The van der Waals surface area contributed by atoms with Crippen LogP contribution in [0.5, 0.6) is 17.2 Å². The highest BCUT2D eigenvalue weighted by atomic mass is 16.5. The van der Waals surface area contributed by atoms with E-state index in [9.17, 15) is 4.79 Å². The maximum atomic E-state index is 11.0. The third-order valence-electron chi connectivity index (χ3n) is 1.44. The third kappa shape index (κ3) is 2.52. The van der Waals surface area contributed by atoms with Crippen molar-refractivity contribution >= 4 is 5.97 Å². The van der Waals surface area contributed by atoms with E-state index in [1.54, 1.807) is 0 Å². The summed E-state index contributed by atoms with van der Waals surface area (Å²) in [7, 11) is 0. The zero-order valence-electron chi connectivity index (χ0n) is 7.65. The SMILES string of the molecule is C=C(C)C(=O)Oc1cc(O)cc(O)c1. The number of carbonyl (C=O) groups is 1. The highest BCUT2D eigenvalue weighted by Gasteiger charge is 2.07. The summed E-state index contributed by atoms with van der Waals surface area (Å²) in [5.41, 5.74) is 0.243. The fourth-order valence-electron chi connectivity index (χ4n) is 0.821. The predicted molar refractivity (Wildman–Crippen MR) is 50.2 cm³/mol. The van der Waals surface area contributed by atoms with Crippen LogP contribution in [0.25, 0.3) is 0 Å². The minimum absolute atomic E-state index is 0.0792. The average molecular weight is 194 g/mol. The quantitative estimate of drug-likeness (QED) is 0.426. The molecule has 0 saturated heterocycles. The maximum absolute atomic E-state index is 11.0. The van der Waals surface area contributed by atoms with Gasteiger partial charge in [0.05, 0.1) is 0 Å². The van der Waals surface area contributed by atoms with Gasteiger partial charge in [-0.2, -0.15) is 0 Å². The molecule has 1 rings (SSSR count). The van der Waals surface area contributed by atoms with Gasteiger partial charge in [0.15, 0.2) is 0 Å². The van der Waals surface area contributed by atoms with Gasteiger partial charge in [0.1, 0.15) is 17.2 Å². The van der Waals surface area contributed by atoms with Crippen molar-refractivity contribution in [1.82, 2.24) is 0 Å². The van der Waals surface area contributed by atoms with Gasteiger partial charge in [-0.25, -0.2) is 4.79 Å². The molecule has 0 amide bonds. The molecule has 0 saturated carbocycles. The van der Waals surface area contributed by atoms with E-state index < -0.39 is 5.97 Å². The Labute approximate surface area is 81.1 Å². The van der Waals surface area contributed by atoms with Crippen molar-refractivity contribution in [1.29, 1.82) is 0 Å². The number of ether oxygens (including phenoxy) is 1. The molecule has 74 valence electrons. The molecule has 0 heterocycles. The molecule has 1 aromatic rings. The molecule has 0 fully saturated rings. The number of aromatic hydroxyl groups is 2. The van der Waals surface area contributed by atoms with Crippen LogP contribution in [0.2, 0.25) is 0 Å². The number of hydrogen-bond acceptors (Lipinski definition) is 4. The van der Waals surface area contributed by atoms with Crippen molar-refractivity contribution in [2.45, 2.75) is 6.92 Å². The third-order valence-corrected chi connectivity index (χ3v) is 1.44. The second-order valence-electron chi connectivity index (χ2n) is 2.85. The molecule has 0 aliphatic heterocycles. The van der Waals surface area contributed by atoms with E-state index in [4.69, 9.17) is 14.9 Å². The van der Waals surface area contributed by atoms with Crippen LogP contribution in [-0.4, -0.2) is 16.2 Å². The van der Waals surface area contributed by atoms with Crippen LogP contribution in [0.15, 0.2) is 30.4 Å². The molecule has 0 unspecified atom stereocenters. The smallest absolute Gasteiger partial charge is 0.338 e. The van der Waals surface area contributed by atoms with Gasteiger partial charge in [-0.15, -0.1) is 0 Å². The molecular weight excluding hydrogens is 184 g/mol. The number of hydrogen-bond donors (Lipinski definition) is 2. The number of benzene rings is 1. The summed E-state index contributed by atoms with van der Waals surface area (Å²) in [6.07, 6.45) is 0. The minimum Gasteiger partial charge on any atom is -0.508 e. The summed E-state index contributed by atoms with van der Waals surface area (Å²) in [6, 6.07) is 3.58. The van der Waals surface area contributed by atoms with E-state index in [1.807, 2.05) is 0 Å². The first-order chi connectivity index (χ1) is 6.49. The highest BCUT2D eigenvalue weighted by Crippen LogP contribution is 2.25. The Morgan fingerprint density at radius 3 is 2.21 bits per heavy atom.